The van der Waals surface area contributed by atoms with Crippen molar-refractivity contribution < 1.29 is 13.2 Å². The topological polar surface area (TPSA) is 55.4 Å². The zero-order valence-electron chi connectivity index (χ0n) is 15.4. The number of rotatable bonds is 7. The van der Waals surface area contributed by atoms with Crippen LogP contribution in [0.15, 0.2) is 48.5 Å². The number of nitrogens with one attached hydrogen (secondary N) is 1. The first kappa shape index (κ1) is 19.5. The van der Waals surface area contributed by atoms with Crippen LogP contribution < -0.4 is 9.46 Å². The van der Waals surface area contributed by atoms with Gasteiger partial charge in [0.15, 0.2) is 0 Å². The molecule has 0 aromatic heterocycles. The molecule has 5 heteroatoms. The zero-order chi connectivity index (χ0) is 18.5. The van der Waals surface area contributed by atoms with Gasteiger partial charge in [-0.05, 0) is 35.6 Å². The summed E-state index contributed by atoms with van der Waals surface area (Å²) in [6.07, 6.45) is 0. The van der Waals surface area contributed by atoms with Gasteiger partial charge in [-0.2, -0.15) is 0 Å². The molecule has 4 nitrogen and oxygen atoms in total. The molecular weight excluding hydrogens is 334 g/mol. The largest absolute Gasteiger partial charge is 0.492 e. The van der Waals surface area contributed by atoms with E-state index in [1.165, 1.54) is 5.56 Å². The lowest BCUT2D eigenvalue weighted by Crippen LogP contribution is -2.29. The molecule has 136 valence electrons. The number of hydrogen-bond donors (Lipinski definition) is 1. The summed E-state index contributed by atoms with van der Waals surface area (Å²) in [4.78, 5) is 0. The second-order valence-electron chi connectivity index (χ2n) is 7.26. The van der Waals surface area contributed by atoms with Crippen LogP contribution in [0.4, 0.5) is 0 Å². The van der Waals surface area contributed by atoms with Gasteiger partial charge in [0.05, 0.1) is 5.75 Å². The van der Waals surface area contributed by atoms with E-state index in [2.05, 4.69) is 25.5 Å². The van der Waals surface area contributed by atoms with E-state index in [9.17, 15) is 8.42 Å². The van der Waals surface area contributed by atoms with E-state index < -0.39 is 10.0 Å². The van der Waals surface area contributed by atoms with Gasteiger partial charge in [-0.3, -0.25) is 0 Å². The molecule has 0 aliphatic rings. The molecule has 2 aromatic rings. The molecule has 0 radical (unpaired) electrons. The van der Waals surface area contributed by atoms with Crippen molar-refractivity contribution in [2.75, 3.05) is 13.2 Å². The van der Waals surface area contributed by atoms with Crippen molar-refractivity contribution in [1.29, 1.82) is 0 Å². The van der Waals surface area contributed by atoms with Gasteiger partial charge in [0.1, 0.15) is 12.4 Å². The molecule has 0 aliphatic heterocycles. The van der Waals surface area contributed by atoms with E-state index in [-0.39, 0.29) is 17.7 Å². The maximum absolute atomic E-state index is 12.1. The number of hydrogen-bond acceptors (Lipinski definition) is 3. The molecule has 0 spiro atoms. The summed E-state index contributed by atoms with van der Waals surface area (Å²) in [7, 11) is -3.36. The minimum Gasteiger partial charge on any atom is -0.492 e. The highest BCUT2D eigenvalue weighted by Gasteiger charge is 2.13. The van der Waals surface area contributed by atoms with Gasteiger partial charge in [0.25, 0.3) is 0 Å². The summed E-state index contributed by atoms with van der Waals surface area (Å²) in [6, 6.07) is 15.4. The van der Waals surface area contributed by atoms with Gasteiger partial charge in [0.2, 0.25) is 10.0 Å². The zero-order valence-corrected chi connectivity index (χ0v) is 16.2. The van der Waals surface area contributed by atoms with Crippen molar-refractivity contribution in [3.63, 3.8) is 0 Å². The Bertz CT molecular complexity index is 773. The fourth-order valence-corrected chi connectivity index (χ4v) is 3.50. The highest BCUT2D eigenvalue weighted by atomic mass is 32.2. The number of ether oxygens (including phenoxy) is 1. The second-order valence-corrected chi connectivity index (χ2v) is 9.07. The van der Waals surface area contributed by atoms with Crippen LogP contribution in [-0.2, 0) is 21.2 Å². The Balaban J connectivity index is 1.79. The molecule has 0 amide bonds. The summed E-state index contributed by atoms with van der Waals surface area (Å²) in [6.45, 7) is 8.99. The van der Waals surface area contributed by atoms with E-state index in [0.29, 0.717) is 6.61 Å². The van der Waals surface area contributed by atoms with Crippen molar-refractivity contribution in [3.8, 4) is 5.75 Å². The Labute approximate surface area is 151 Å². The van der Waals surface area contributed by atoms with E-state index in [1.807, 2.05) is 55.5 Å². The summed E-state index contributed by atoms with van der Waals surface area (Å²) < 4.78 is 32.4. The molecule has 0 fully saturated rings. The minimum absolute atomic E-state index is 0.0203. The smallest absolute Gasteiger partial charge is 0.215 e. The third-order valence-corrected chi connectivity index (χ3v) is 5.25. The molecule has 0 unspecified atom stereocenters. The van der Waals surface area contributed by atoms with Gasteiger partial charge in [-0.25, -0.2) is 13.1 Å². The predicted octanol–water partition coefficient (Wildman–Crippen LogP) is 3.79. The fourth-order valence-electron chi connectivity index (χ4n) is 2.37. The molecule has 0 atom stereocenters. The number of sulfonamides is 1. The quantitative estimate of drug-likeness (QED) is 0.764. The van der Waals surface area contributed by atoms with Crippen molar-refractivity contribution in [2.45, 2.75) is 38.9 Å². The summed E-state index contributed by atoms with van der Waals surface area (Å²) in [5.41, 5.74) is 3.22. The molecule has 2 rings (SSSR count). The van der Waals surface area contributed by atoms with Crippen molar-refractivity contribution in [3.05, 3.63) is 65.2 Å². The Morgan fingerprint density at radius 2 is 1.56 bits per heavy atom. The van der Waals surface area contributed by atoms with Crippen LogP contribution in [-0.4, -0.2) is 21.6 Å². The molecule has 2 aromatic carbocycles. The van der Waals surface area contributed by atoms with E-state index in [0.717, 1.165) is 16.9 Å². The predicted molar refractivity (Wildman–Crippen MR) is 102 cm³/mol. The Hall–Kier alpha value is -1.85. The standard InChI is InChI=1S/C20H27NO3S/c1-16-5-7-17(8-6-16)15-25(22,23)21-13-14-24-19-11-9-18(10-12-19)20(2,3)4/h5-12,21H,13-15H2,1-4H3. The van der Waals surface area contributed by atoms with Crippen LogP contribution in [0, 0.1) is 6.92 Å². The van der Waals surface area contributed by atoms with E-state index in [1.54, 1.807) is 0 Å². The summed E-state index contributed by atoms with van der Waals surface area (Å²) in [5, 5.41) is 0. The molecule has 0 bridgehead atoms. The van der Waals surface area contributed by atoms with E-state index in [4.69, 9.17) is 4.74 Å². The number of benzene rings is 2. The Morgan fingerprint density at radius 1 is 0.960 bits per heavy atom. The Morgan fingerprint density at radius 3 is 2.12 bits per heavy atom. The molecule has 25 heavy (non-hydrogen) atoms. The maximum atomic E-state index is 12.1. The number of aryl methyl sites for hydroxylation is 1. The van der Waals surface area contributed by atoms with Crippen LogP contribution >= 0.6 is 0 Å². The first-order chi connectivity index (χ1) is 11.7. The molecule has 0 saturated heterocycles. The third-order valence-electron chi connectivity index (χ3n) is 3.89. The fraction of sp³-hybridized carbons (Fsp3) is 0.400. The van der Waals surface area contributed by atoms with Crippen molar-refractivity contribution >= 4 is 10.0 Å². The van der Waals surface area contributed by atoms with E-state index >= 15 is 0 Å². The Kier molecular flexibility index (Phi) is 6.25. The molecule has 0 saturated carbocycles. The van der Waals surface area contributed by atoms with Gasteiger partial charge in [-0.1, -0.05) is 62.7 Å². The highest BCUT2D eigenvalue weighted by molar-refractivity contribution is 7.88. The van der Waals surface area contributed by atoms with Crippen LogP contribution in [0.25, 0.3) is 0 Å². The minimum atomic E-state index is -3.36. The SMILES string of the molecule is Cc1ccc(CS(=O)(=O)NCCOc2ccc(C(C)(C)C)cc2)cc1. The summed E-state index contributed by atoms with van der Waals surface area (Å²) >= 11 is 0. The molecular formula is C20H27NO3S. The van der Waals surface area contributed by atoms with Crippen LogP contribution in [0.2, 0.25) is 0 Å². The molecule has 1 N–H and O–H groups in total. The van der Waals surface area contributed by atoms with Gasteiger partial charge in [-0.15, -0.1) is 0 Å². The average Bonchev–Trinajstić information content (AvgIpc) is 2.53. The monoisotopic (exact) mass is 361 g/mol. The molecule has 0 heterocycles. The first-order valence-corrected chi connectivity index (χ1v) is 10.1. The average molecular weight is 362 g/mol. The highest BCUT2D eigenvalue weighted by Crippen LogP contribution is 2.24. The van der Waals surface area contributed by atoms with Gasteiger partial charge >= 0.3 is 0 Å². The van der Waals surface area contributed by atoms with Crippen LogP contribution in [0.3, 0.4) is 0 Å². The van der Waals surface area contributed by atoms with Crippen LogP contribution in [0.1, 0.15) is 37.5 Å². The first-order valence-electron chi connectivity index (χ1n) is 8.42. The van der Waals surface area contributed by atoms with Gasteiger partial charge in [0, 0.05) is 6.54 Å². The lowest BCUT2D eigenvalue weighted by molar-refractivity contribution is 0.322. The van der Waals surface area contributed by atoms with Crippen molar-refractivity contribution in [1.82, 2.24) is 4.72 Å². The van der Waals surface area contributed by atoms with Crippen molar-refractivity contribution in [2.24, 2.45) is 0 Å². The normalized spacial score (nSPS) is 12.2. The third kappa shape index (κ3) is 6.52. The van der Waals surface area contributed by atoms with Crippen LogP contribution in [0.5, 0.6) is 5.75 Å². The second kappa shape index (κ2) is 8.02. The molecule has 0 aliphatic carbocycles. The lowest BCUT2D eigenvalue weighted by Gasteiger charge is -2.19. The van der Waals surface area contributed by atoms with Gasteiger partial charge < -0.3 is 4.74 Å². The maximum Gasteiger partial charge on any atom is 0.215 e. The summed E-state index contributed by atoms with van der Waals surface area (Å²) in [5.74, 6) is 0.721. The lowest BCUT2D eigenvalue weighted by atomic mass is 9.87.